The van der Waals surface area contributed by atoms with Crippen LogP contribution in [0.15, 0.2) is 41.0 Å². The van der Waals surface area contributed by atoms with Crippen molar-refractivity contribution in [3.05, 3.63) is 53.5 Å². The van der Waals surface area contributed by atoms with Gasteiger partial charge >= 0.3 is 6.03 Å². The summed E-state index contributed by atoms with van der Waals surface area (Å²) in [7, 11) is 0. The lowest BCUT2D eigenvalue weighted by atomic mass is 9.92. The summed E-state index contributed by atoms with van der Waals surface area (Å²) < 4.78 is 5.11. The first-order valence-corrected chi connectivity index (χ1v) is 7.00. The predicted molar refractivity (Wildman–Crippen MR) is 81.9 cm³/mol. The molecule has 7 nitrogen and oxygen atoms in total. The Hall–Kier alpha value is -3.09. The largest absolute Gasteiger partial charge is 0.469 e. The quantitative estimate of drug-likeness (QED) is 0.753. The fourth-order valence-electron chi connectivity index (χ4n) is 2.47. The zero-order chi connectivity index (χ0) is 16.6. The molecule has 2 aromatic rings. The molecule has 3 rings (SSSR count). The predicted octanol–water partition coefficient (Wildman–Crippen LogP) is 1.89. The van der Waals surface area contributed by atoms with Gasteiger partial charge in [-0.25, -0.2) is 4.79 Å². The van der Waals surface area contributed by atoms with E-state index in [0.717, 1.165) is 0 Å². The van der Waals surface area contributed by atoms with Crippen molar-refractivity contribution in [2.24, 2.45) is 0 Å². The van der Waals surface area contributed by atoms with Crippen LogP contribution in [0.5, 0.6) is 0 Å². The third kappa shape index (κ3) is 2.57. The summed E-state index contributed by atoms with van der Waals surface area (Å²) >= 11 is 0. The minimum absolute atomic E-state index is 0.307. The van der Waals surface area contributed by atoms with E-state index in [1.165, 1.54) is 6.26 Å². The van der Waals surface area contributed by atoms with Crippen molar-refractivity contribution in [1.29, 1.82) is 0 Å². The molecule has 1 aromatic carbocycles. The summed E-state index contributed by atoms with van der Waals surface area (Å²) in [5, 5.41) is 7.54. The summed E-state index contributed by atoms with van der Waals surface area (Å²) in [6.45, 7) is 3.30. The lowest BCUT2D eigenvalue weighted by molar-refractivity contribution is -0.123. The number of urea groups is 1. The van der Waals surface area contributed by atoms with Crippen LogP contribution < -0.4 is 16.0 Å². The van der Waals surface area contributed by atoms with Gasteiger partial charge in [0.2, 0.25) is 0 Å². The average molecular weight is 313 g/mol. The first-order chi connectivity index (χ1) is 10.9. The third-order valence-corrected chi connectivity index (χ3v) is 3.85. The molecule has 118 valence electrons. The molecule has 0 bridgehead atoms. The summed E-state index contributed by atoms with van der Waals surface area (Å²) in [4.78, 5) is 35.6. The van der Waals surface area contributed by atoms with Crippen molar-refractivity contribution in [2.45, 2.75) is 19.4 Å². The second-order valence-electron chi connectivity index (χ2n) is 5.46. The number of imide groups is 1. The standard InChI is InChI=1S/C16H15N3O4/c1-9-12(6-7-23-9)13(20)17-11-5-3-4-10(8-11)16(2)14(21)18-15(22)19-16/h3-8H,1-2H3,(H,17,20)(H2,18,19,21,22)/t16-/m0/s1. The van der Waals surface area contributed by atoms with Crippen LogP contribution in [0.2, 0.25) is 0 Å². The minimum atomic E-state index is -1.16. The number of hydrogen-bond donors (Lipinski definition) is 3. The lowest BCUT2D eigenvalue weighted by Gasteiger charge is -2.21. The van der Waals surface area contributed by atoms with E-state index in [-0.39, 0.29) is 5.91 Å². The van der Waals surface area contributed by atoms with Gasteiger partial charge in [-0.3, -0.25) is 14.9 Å². The van der Waals surface area contributed by atoms with Crippen LogP contribution in [-0.4, -0.2) is 17.8 Å². The molecule has 1 aliphatic heterocycles. The zero-order valence-electron chi connectivity index (χ0n) is 12.6. The second kappa shape index (κ2) is 5.28. The molecular formula is C16H15N3O4. The van der Waals surface area contributed by atoms with Crippen LogP contribution in [0.1, 0.15) is 28.6 Å². The summed E-state index contributed by atoms with van der Waals surface area (Å²) in [6.07, 6.45) is 1.44. The third-order valence-electron chi connectivity index (χ3n) is 3.85. The lowest BCUT2D eigenvalue weighted by Crippen LogP contribution is -2.40. The molecule has 0 unspecified atom stereocenters. The highest BCUT2D eigenvalue weighted by atomic mass is 16.3. The van der Waals surface area contributed by atoms with Gasteiger partial charge in [-0.05, 0) is 37.6 Å². The molecular weight excluding hydrogens is 298 g/mol. The van der Waals surface area contributed by atoms with Crippen molar-refractivity contribution >= 4 is 23.5 Å². The minimum Gasteiger partial charge on any atom is -0.469 e. The Morgan fingerprint density at radius 1 is 1.26 bits per heavy atom. The molecule has 3 N–H and O–H groups in total. The second-order valence-corrected chi connectivity index (χ2v) is 5.46. The van der Waals surface area contributed by atoms with Gasteiger partial charge in [-0.1, -0.05) is 12.1 Å². The van der Waals surface area contributed by atoms with E-state index in [1.807, 2.05) is 0 Å². The molecule has 7 heteroatoms. The monoisotopic (exact) mass is 313 g/mol. The Morgan fingerprint density at radius 3 is 2.65 bits per heavy atom. The van der Waals surface area contributed by atoms with Crippen molar-refractivity contribution < 1.29 is 18.8 Å². The first kappa shape index (κ1) is 14.8. The normalized spacial score (nSPS) is 20.1. The number of benzene rings is 1. The Morgan fingerprint density at radius 2 is 2.04 bits per heavy atom. The van der Waals surface area contributed by atoms with Gasteiger partial charge in [0.25, 0.3) is 11.8 Å². The SMILES string of the molecule is Cc1occc1C(=O)Nc1cccc([C@]2(C)NC(=O)NC2=O)c1. The highest BCUT2D eigenvalue weighted by Crippen LogP contribution is 2.26. The van der Waals surface area contributed by atoms with Crippen LogP contribution in [-0.2, 0) is 10.3 Å². The number of anilines is 1. The van der Waals surface area contributed by atoms with Crippen molar-refractivity contribution in [3.63, 3.8) is 0 Å². The average Bonchev–Trinajstić information content (AvgIpc) is 3.03. The van der Waals surface area contributed by atoms with Crippen LogP contribution >= 0.6 is 0 Å². The molecule has 0 radical (unpaired) electrons. The molecule has 2 heterocycles. The van der Waals surface area contributed by atoms with Gasteiger partial charge in [0.1, 0.15) is 11.3 Å². The number of carbonyl (C=O) groups excluding carboxylic acids is 3. The molecule has 1 aromatic heterocycles. The van der Waals surface area contributed by atoms with Crippen molar-refractivity contribution in [2.75, 3.05) is 5.32 Å². The highest BCUT2D eigenvalue weighted by molar-refractivity contribution is 6.08. The number of amides is 4. The molecule has 1 saturated heterocycles. The first-order valence-electron chi connectivity index (χ1n) is 7.00. The van der Waals surface area contributed by atoms with E-state index >= 15 is 0 Å². The van der Waals surface area contributed by atoms with Gasteiger partial charge in [0, 0.05) is 5.69 Å². The Balaban J connectivity index is 1.86. The van der Waals surface area contributed by atoms with E-state index in [9.17, 15) is 14.4 Å². The molecule has 1 atom stereocenters. The van der Waals surface area contributed by atoms with Crippen LogP contribution in [0, 0.1) is 6.92 Å². The van der Waals surface area contributed by atoms with Gasteiger partial charge in [-0.15, -0.1) is 0 Å². The highest BCUT2D eigenvalue weighted by Gasteiger charge is 2.43. The van der Waals surface area contributed by atoms with E-state index in [1.54, 1.807) is 44.2 Å². The van der Waals surface area contributed by atoms with E-state index < -0.39 is 17.5 Å². The van der Waals surface area contributed by atoms with Crippen LogP contribution in [0.25, 0.3) is 0 Å². The Labute approximate surface area is 132 Å². The zero-order valence-corrected chi connectivity index (χ0v) is 12.6. The number of hydrogen-bond acceptors (Lipinski definition) is 4. The maximum atomic E-state index is 12.2. The topological polar surface area (TPSA) is 100 Å². The molecule has 4 amide bonds. The fourth-order valence-corrected chi connectivity index (χ4v) is 2.47. The molecule has 0 spiro atoms. The summed E-state index contributed by atoms with van der Waals surface area (Å²) in [5.41, 5.74) is 0.364. The molecule has 23 heavy (non-hydrogen) atoms. The smallest absolute Gasteiger partial charge is 0.322 e. The van der Waals surface area contributed by atoms with Crippen molar-refractivity contribution in [3.8, 4) is 0 Å². The number of furan rings is 1. The maximum Gasteiger partial charge on any atom is 0.322 e. The van der Waals surface area contributed by atoms with Gasteiger partial charge in [-0.2, -0.15) is 0 Å². The van der Waals surface area contributed by atoms with Crippen LogP contribution in [0.4, 0.5) is 10.5 Å². The molecule has 0 saturated carbocycles. The molecule has 1 fully saturated rings. The molecule has 0 aliphatic carbocycles. The number of aryl methyl sites for hydroxylation is 1. The molecule has 1 aliphatic rings. The van der Waals surface area contributed by atoms with Crippen molar-refractivity contribution in [1.82, 2.24) is 10.6 Å². The maximum absolute atomic E-state index is 12.2. The van der Waals surface area contributed by atoms with E-state index in [2.05, 4.69) is 16.0 Å². The van der Waals surface area contributed by atoms with Gasteiger partial charge < -0.3 is 15.1 Å². The van der Waals surface area contributed by atoms with Crippen LogP contribution in [0.3, 0.4) is 0 Å². The van der Waals surface area contributed by atoms with Gasteiger partial charge in [0.05, 0.1) is 11.8 Å². The number of rotatable bonds is 3. The Bertz CT molecular complexity index is 811. The summed E-state index contributed by atoms with van der Waals surface area (Å²) in [6, 6.07) is 7.81. The van der Waals surface area contributed by atoms with Gasteiger partial charge in [0.15, 0.2) is 0 Å². The number of carbonyl (C=O) groups is 3. The van der Waals surface area contributed by atoms with E-state index in [0.29, 0.717) is 22.6 Å². The number of nitrogens with one attached hydrogen (secondary N) is 3. The fraction of sp³-hybridized carbons (Fsp3) is 0.188. The van der Waals surface area contributed by atoms with E-state index in [4.69, 9.17) is 4.42 Å². The summed E-state index contributed by atoms with van der Waals surface area (Å²) in [5.74, 6) is -0.219. The Kier molecular flexibility index (Phi) is 3.40.